The summed E-state index contributed by atoms with van der Waals surface area (Å²) < 4.78 is 22.6. The van der Waals surface area contributed by atoms with Crippen molar-refractivity contribution in [2.45, 2.75) is 206 Å². The number of ether oxygens (including phenoxy) is 4. The number of esters is 2. The van der Waals surface area contributed by atoms with E-state index >= 15 is 0 Å². The lowest BCUT2D eigenvalue weighted by Gasteiger charge is -2.26. The van der Waals surface area contributed by atoms with Crippen molar-refractivity contribution in [1.29, 1.82) is 0 Å². The number of hydrogen-bond donors (Lipinski definition) is 0. The number of nitrogens with zero attached hydrogens (tertiary/aromatic N) is 1. The summed E-state index contributed by atoms with van der Waals surface area (Å²) >= 11 is 0. The van der Waals surface area contributed by atoms with Crippen molar-refractivity contribution in [1.82, 2.24) is 0 Å². The van der Waals surface area contributed by atoms with Crippen molar-refractivity contribution in [2.24, 2.45) is 0 Å². The predicted octanol–water partition coefficient (Wildman–Crippen LogP) is 13.7. The molecule has 0 saturated heterocycles. The lowest BCUT2D eigenvalue weighted by Crippen LogP contribution is -2.44. The maximum Gasteiger partial charge on any atom is 0.306 e. The molecule has 0 spiro atoms. The normalized spacial score (nSPS) is 13.6. The summed E-state index contributed by atoms with van der Waals surface area (Å²) in [5.74, 6) is -2.33. The molecule has 0 aliphatic rings. The molecule has 2 atom stereocenters. The molecule has 9 heteroatoms. The number of carbonyl (C=O) groups is 3. The van der Waals surface area contributed by atoms with Crippen LogP contribution in [0.25, 0.3) is 0 Å². The number of rotatable bonds is 47. The molecule has 0 heterocycles. The molecule has 0 aromatic heterocycles. The highest BCUT2D eigenvalue weighted by atomic mass is 16.7. The molecule has 0 amide bonds. The third-order valence-electron chi connectivity index (χ3n) is 10.8. The molecule has 0 N–H and O–H groups in total. The van der Waals surface area contributed by atoms with Crippen LogP contribution in [0.2, 0.25) is 0 Å². The molecule has 0 rings (SSSR count). The van der Waals surface area contributed by atoms with Gasteiger partial charge in [-0.1, -0.05) is 182 Å². The minimum Gasteiger partial charge on any atom is -0.545 e. The van der Waals surface area contributed by atoms with Gasteiger partial charge in [-0.2, -0.15) is 0 Å². The molecule has 0 aliphatic heterocycles. The van der Waals surface area contributed by atoms with Gasteiger partial charge in [0.1, 0.15) is 13.2 Å². The summed E-state index contributed by atoms with van der Waals surface area (Å²) in [4.78, 5) is 37.2. The van der Waals surface area contributed by atoms with Crippen LogP contribution >= 0.6 is 0 Å². The van der Waals surface area contributed by atoms with Crippen molar-refractivity contribution in [3.63, 3.8) is 0 Å². The van der Waals surface area contributed by atoms with Crippen LogP contribution in [-0.2, 0) is 33.3 Å². The fourth-order valence-electron chi connectivity index (χ4n) is 6.74. The van der Waals surface area contributed by atoms with E-state index in [0.717, 1.165) is 116 Å². The van der Waals surface area contributed by atoms with E-state index in [0.29, 0.717) is 17.4 Å². The topological polar surface area (TPSA) is 111 Å². The van der Waals surface area contributed by atoms with Crippen molar-refractivity contribution < 1.29 is 42.9 Å². The first-order valence-corrected chi connectivity index (χ1v) is 26.4. The van der Waals surface area contributed by atoms with Gasteiger partial charge in [-0.3, -0.25) is 9.59 Å². The Hall–Kier alpha value is -3.79. The summed E-state index contributed by atoms with van der Waals surface area (Å²) in [6.45, 7) is 4.57. The van der Waals surface area contributed by atoms with Gasteiger partial charge >= 0.3 is 11.9 Å². The Morgan fingerprint density at radius 3 is 1.28 bits per heavy atom. The maximum atomic E-state index is 12.8. The summed E-state index contributed by atoms with van der Waals surface area (Å²) in [7, 11) is 5.90. The maximum absolute atomic E-state index is 12.8. The Morgan fingerprint density at radius 2 is 0.851 bits per heavy atom. The van der Waals surface area contributed by atoms with Crippen molar-refractivity contribution >= 4 is 17.9 Å². The molecule has 0 aromatic rings. The highest BCUT2D eigenvalue weighted by Crippen LogP contribution is 2.13. The highest BCUT2D eigenvalue weighted by molar-refractivity contribution is 5.70. The Morgan fingerprint density at radius 1 is 0.463 bits per heavy atom. The van der Waals surface area contributed by atoms with Crippen LogP contribution in [-0.4, -0.2) is 82.3 Å². The number of allylic oxidation sites excluding steroid dienone is 16. The molecule has 0 aliphatic carbocycles. The number of carboxylic acids is 1. The van der Waals surface area contributed by atoms with E-state index in [1.807, 2.05) is 21.1 Å². The average Bonchev–Trinajstić information content (AvgIpc) is 3.29. The molecule has 2 unspecified atom stereocenters. The van der Waals surface area contributed by atoms with E-state index in [4.69, 9.17) is 18.9 Å². The fraction of sp³-hybridized carbons (Fsp3) is 0.672. The minimum atomic E-state index is -1.63. The van der Waals surface area contributed by atoms with Crippen LogP contribution in [0, 0.1) is 0 Å². The van der Waals surface area contributed by atoms with Gasteiger partial charge in [0, 0.05) is 12.8 Å². The second-order valence-electron chi connectivity index (χ2n) is 18.4. The SMILES string of the molecule is CC/C=C\C/C=C\C/C=C\C/C=C\C/C=C\C/C=C\C/C=C\CCCCCCCC(=O)OC(COC(=O)CCCCCCC/C=C\CCCCCCCC)COC(OCC[N+](C)(C)C)C(=O)[O-]. The third kappa shape index (κ3) is 49.9. The molecule has 0 fully saturated rings. The van der Waals surface area contributed by atoms with Gasteiger partial charge in [0.05, 0.1) is 40.3 Å². The van der Waals surface area contributed by atoms with E-state index in [9.17, 15) is 19.5 Å². The molecular weight excluding hydrogens is 839 g/mol. The standard InChI is InChI=1S/C58H97NO8/c1-6-8-10-12-14-16-18-20-22-23-24-25-26-27-28-29-30-31-32-33-35-37-39-41-43-45-47-49-56(61)67-54(53-66-58(57(62)63)64-51-50-59(3,4)5)52-65-55(60)48-46-44-42-40-38-36-34-21-19-17-15-13-11-9-7-2/h8,10,14,16,20-22,24-25,27-28,30-31,33-35,54,58H,6-7,9,11-13,15,17-19,23,26,29,32,36-53H2,1-5H3/b10-8-,16-14-,22-20-,25-24-,28-27-,31-30-,34-21-,35-33-. The summed E-state index contributed by atoms with van der Waals surface area (Å²) in [5, 5.41) is 11.7. The summed E-state index contributed by atoms with van der Waals surface area (Å²) in [6.07, 6.45) is 61.5. The molecule has 67 heavy (non-hydrogen) atoms. The smallest absolute Gasteiger partial charge is 0.306 e. The molecule has 0 aromatic carbocycles. The van der Waals surface area contributed by atoms with E-state index in [2.05, 4.69) is 111 Å². The zero-order chi connectivity index (χ0) is 49.2. The van der Waals surface area contributed by atoms with E-state index in [1.54, 1.807) is 0 Å². The largest absolute Gasteiger partial charge is 0.545 e. The van der Waals surface area contributed by atoms with Crippen LogP contribution < -0.4 is 5.11 Å². The molecule has 9 nitrogen and oxygen atoms in total. The lowest BCUT2D eigenvalue weighted by atomic mass is 10.1. The van der Waals surface area contributed by atoms with Crippen molar-refractivity contribution in [3.8, 4) is 0 Å². The number of hydrogen-bond acceptors (Lipinski definition) is 8. The van der Waals surface area contributed by atoms with Crippen LogP contribution in [0.4, 0.5) is 0 Å². The second kappa shape index (κ2) is 48.7. The van der Waals surface area contributed by atoms with Gasteiger partial charge in [-0.15, -0.1) is 0 Å². The second-order valence-corrected chi connectivity index (χ2v) is 18.4. The minimum absolute atomic E-state index is 0.137. The van der Waals surface area contributed by atoms with Crippen LogP contribution in [0.3, 0.4) is 0 Å². The fourth-order valence-corrected chi connectivity index (χ4v) is 6.74. The monoisotopic (exact) mass is 936 g/mol. The first-order valence-electron chi connectivity index (χ1n) is 26.4. The molecule has 0 bridgehead atoms. The van der Waals surface area contributed by atoms with Crippen LogP contribution in [0.5, 0.6) is 0 Å². The third-order valence-corrected chi connectivity index (χ3v) is 10.8. The number of unbranched alkanes of at least 4 members (excludes halogenated alkanes) is 16. The summed E-state index contributed by atoms with van der Waals surface area (Å²) in [6, 6.07) is 0. The molecule has 0 radical (unpaired) electrons. The van der Waals surface area contributed by atoms with Gasteiger partial charge in [0.2, 0.25) is 0 Å². The van der Waals surface area contributed by atoms with Crippen LogP contribution in [0.1, 0.15) is 194 Å². The molecule has 0 saturated carbocycles. The zero-order valence-electron chi connectivity index (χ0n) is 43.2. The predicted molar refractivity (Wildman–Crippen MR) is 278 cm³/mol. The number of carboxylic acid groups (broad SMARTS) is 1. The zero-order valence-corrected chi connectivity index (χ0v) is 43.2. The van der Waals surface area contributed by atoms with Crippen LogP contribution in [0.15, 0.2) is 97.2 Å². The Labute approximate surface area is 410 Å². The van der Waals surface area contributed by atoms with Gasteiger partial charge < -0.3 is 33.3 Å². The Bertz CT molecular complexity index is 1420. The highest BCUT2D eigenvalue weighted by Gasteiger charge is 2.21. The number of quaternary nitrogens is 1. The number of carbonyl (C=O) groups excluding carboxylic acids is 3. The van der Waals surface area contributed by atoms with E-state index in [1.165, 1.54) is 44.9 Å². The summed E-state index contributed by atoms with van der Waals surface area (Å²) in [5.41, 5.74) is 0. The van der Waals surface area contributed by atoms with Crippen molar-refractivity contribution in [3.05, 3.63) is 97.2 Å². The molecule has 382 valence electrons. The van der Waals surface area contributed by atoms with E-state index < -0.39 is 24.3 Å². The first kappa shape index (κ1) is 63.2. The first-order chi connectivity index (χ1) is 32.6. The lowest BCUT2D eigenvalue weighted by molar-refractivity contribution is -0.870. The van der Waals surface area contributed by atoms with Gasteiger partial charge in [-0.25, -0.2) is 0 Å². The van der Waals surface area contributed by atoms with Gasteiger partial charge in [0.15, 0.2) is 12.4 Å². The average molecular weight is 936 g/mol. The number of likely N-dealkylation sites (N-methyl/N-ethyl adjacent to an activating group) is 1. The van der Waals surface area contributed by atoms with Gasteiger partial charge in [0.25, 0.3) is 0 Å². The number of aliphatic carboxylic acids is 1. The van der Waals surface area contributed by atoms with Crippen molar-refractivity contribution in [2.75, 3.05) is 47.5 Å². The Balaban J connectivity index is 4.39. The van der Waals surface area contributed by atoms with E-state index in [-0.39, 0.29) is 38.6 Å². The molecular formula is C58H97NO8. The van der Waals surface area contributed by atoms with Gasteiger partial charge in [-0.05, 0) is 96.3 Å². The Kier molecular flexibility index (Phi) is 45.9. The quantitative estimate of drug-likeness (QED) is 0.0195.